The van der Waals surface area contributed by atoms with Gasteiger partial charge >= 0.3 is 0 Å². The number of hydrogen-bond acceptors (Lipinski definition) is 4. The maximum absolute atomic E-state index is 13.6. The average molecular weight is 338 g/mol. The van der Waals surface area contributed by atoms with Gasteiger partial charge in [0.1, 0.15) is 5.82 Å². The molecule has 0 radical (unpaired) electrons. The lowest BCUT2D eigenvalue weighted by molar-refractivity contribution is 0.111. The Morgan fingerprint density at radius 3 is 2.70 bits per heavy atom. The number of halogens is 1. The highest BCUT2D eigenvalue weighted by Crippen LogP contribution is 2.37. The number of carbonyl (C=O) groups excluding carboxylic acids is 1. The second-order valence-corrected chi connectivity index (χ2v) is 12.6. The van der Waals surface area contributed by atoms with Crippen LogP contribution in [0.3, 0.4) is 0 Å². The molecule has 0 amide bonds. The van der Waals surface area contributed by atoms with Crippen molar-refractivity contribution in [2.45, 2.75) is 45.3 Å². The number of carbonyl (C=O) groups is 1. The molecule has 0 spiro atoms. The summed E-state index contributed by atoms with van der Waals surface area (Å²) >= 11 is 0. The van der Waals surface area contributed by atoms with Gasteiger partial charge in [0.25, 0.3) is 0 Å². The number of aromatic nitrogens is 1. The number of nitrogens with zero attached hydrogens (tertiary/aromatic N) is 2. The molecule has 1 fully saturated rings. The summed E-state index contributed by atoms with van der Waals surface area (Å²) in [6.07, 6.45) is 1.51. The van der Waals surface area contributed by atoms with Crippen molar-refractivity contribution < 1.29 is 13.6 Å². The number of aldehydes is 1. The maximum atomic E-state index is 13.6. The molecule has 0 bridgehead atoms. The molecule has 1 aromatic heterocycles. The van der Waals surface area contributed by atoms with Crippen LogP contribution >= 0.6 is 0 Å². The predicted octanol–water partition coefficient (Wildman–Crippen LogP) is 3.88. The molecular weight excluding hydrogens is 311 g/mol. The first-order chi connectivity index (χ1) is 10.6. The molecule has 1 aromatic rings. The number of hydrogen-bond donors (Lipinski definition) is 0. The second-order valence-electron chi connectivity index (χ2n) is 7.84. The topological polar surface area (TPSA) is 42.4 Å². The largest absolute Gasteiger partial charge is 0.416 e. The van der Waals surface area contributed by atoms with E-state index in [0.717, 1.165) is 26.1 Å². The quantitative estimate of drug-likeness (QED) is 0.464. The SMILES string of the molecule is CC(C)(C)[Si](C)(C)OCC1CCN(c2ccc(C=O)c(F)n2)C1. The van der Waals surface area contributed by atoms with E-state index < -0.39 is 14.3 Å². The van der Waals surface area contributed by atoms with Crippen LogP contribution in [0.15, 0.2) is 12.1 Å². The molecule has 0 aromatic carbocycles. The molecule has 2 heterocycles. The Hall–Kier alpha value is -1.27. The molecule has 128 valence electrons. The van der Waals surface area contributed by atoms with Crippen molar-refractivity contribution in [1.29, 1.82) is 0 Å². The van der Waals surface area contributed by atoms with Crippen LogP contribution in [0.5, 0.6) is 0 Å². The van der Waals surface area contributed by atoms with Gasteiger partial charge in [0.05, 0.1) is 5.56 Å². The highest BCUT2D eigenvalue weighted by atomic mass is 28.4. The molecule has 1 atom stereocenters. The highest BCUT2D eigenvalue weighted by molar-refractivity contribution is 6.74. The highest BCUT2D eigenvalue weighted by Gasteiger charge is 2.38. The van der Waals surface area contributed by atoms with Crippen LogP contribution in [-0.2, 0) is 4.43 Å². The average Bonchev–Trinajstić information content (AvgIpc) is 2.93. The van der Waals surface area contributed by atoms with Crippen molar-refractivity contribution in [3.63, 3.8) is 0 Å². The van der Waals surface area contributed by atoms with Crippen molar-refractivity contribution >= 4 is 20.4 Å². The molecule has 1 saturated heterocycles. The van der Waals surface area contributed by atoms with Gasteiger partial charge in [-0.2, -0.15) is 4.39 Å². The first-order valence-corrected chi connectivity index (χ1v) is 11.1. The van der Waals surface area contributed by atoms with Crippen LogP contribution in [-0.4, -0.2) is 39.3 Å². The lowest BCUT2D eigenvalue weighted by Crippen LogP contribution is -2.42. The van der Waals surface area contributed by atoms with E-state index in [1.165, 1.54) is 6.07 Å². The molecule has 1 unspecified atom stereocenters. The minimum atomic E-state index is -1.73. The Morgan fingerprint density at radius 2 is 2.13 bits per heavy atom. The third-order valence-corrected chi connectivity index (χ3v) is 9.59. The van der Waals surface area contributed by atoms with Gasteiger partial charge in [0.15, 0.2) is 14.6 Å². The molecular formula is C17H27FN2O2Si. The van der Waals surface area contributed by atoms with Gasteiger partial charge in [0, 0.05) is 25.6 Å². The van der Waals surface area contributed by atoms with E-state index in [9.17, 15) is 9.18 Å². The number of pyridine rings is 1. The summed E-state index contributed by atoms with van der Waals surface area (Å²) in [7, 11) is -1.73. The third-order valence-electron chi connectivity index (χ3n) is 5.09. The zero-order valence-corrected chi connectivity index (χ0v) is 15.7. The minimum Gasteiger partial charge on any atom is -0.416 e. The zero-order chi connectivity index (χ0) is 17.3. The molecule has 2 rings (SSSR count). The molecule has 0 saturated carbocycles. The fourth-order valence-electron chi connectivity index (χ4n) is 2.42. The summed E-state index contributed by atoms with van der Waals surface area (Å²) < 4.78 is 19.9. The van der Waals surface area contributed by atoms with Crippen molar-refractivity contribution in [2.75, 3.05) is 24.6 Å². The maximum Gasteiger partial charge on any atom is 0.225 e. The Balaban J connectivity index is 1.94. The number of anilines is 1. The van der Waals surface area contributed by atoms with Crippen LogP contribution in [0.1, 0.15) is 37.6 Å². The van der Waals surface area contributed by atoms with Crippen LogP contribution in [0.2, 0.25) is 18.1 Å². The van der Waals surface area contributed by atoms with E-state index in [1.807, 2.05) is 0 Å². The van der Waals surface area contributed by atoms with Crippen molar-refractivity contribution in [3.8, 4) is 0 Å². The van der Waals surface area contributed by atoms with E-state index in [1.54, 1.807) is 6.07 Å². The fourth-order valence-corrected chi connectivity index (χ4v) is 3.50. The Kier molecular flexibility index (Phi) is 5.26. The van der Waals surface area contributed by atoms with Gasteiger partial charge in [-0.25, -0.2) is 4.98 Å². The van der Waals surface area contributed by atoms with Crippen molar-refractivity contribution in [2.24, 2.45) is 5.92 Å². The summed E-state index contributed by atoms with van der Waals surface area (Å²) in [4.78, 5) is 16.6. The van der Waals surface area contributed by atoms with Gasteiger partial charge in [-0.1, -0.05) is 20.8 Å². The summed E-state index contributed by atoms with van der Waals surface area (Å²) in [5.41, 5.74) is 0.00533. The summed E-state index contributed by atoms with van der Waals surface area (Å²) in [6.45, 7) is 13.6. The van der Waals surface area contributed by atoms with Gasteiger partial charge in [-0.3, -0.25) is 4.79 Å². The van der Waals surface area contributed by atoms with Crippen LogP contribution in [0.25, 0.3) is 0 Å². The molecule has 0 N–H and O–H groups in total. The van der Waals surface area contributed by atoms with Gasteiger partial charge in [-0.05, 0) is 36.7 Å². The normalized spacial score (nSPS) is 19.2. The Bertz CT molecular complexity index is 572. The van der Waals surface area contributed by atoms with E-state index in [2.05, 4.69) is 43.7 Å². The van der Waals surface area contributed by atoms with E-state index in [-0.39, 0.29) is 10.6 Å². The number of rotatable bonds is 5. The smallest absolute Gasteiger partial charge is 0.225 e. The van der Waals surface area contributed by atoms with Crippen molar-refractivity contribution in [3.05, 3.63) is 23.6 Å². The van der Waals surface area contributed by atoms with E-state index in [4.69, 9.17) is 4.43 Å². The minimum absolute atomic E-state index is 0.00533. The summed E-state index contributed by atoms with van der Waals surface area (Å²) in [5, 5.41) is 0.209. The first kappa shape index (κ1) is 18.1. The fraction of sp³-hybridized carbons (Fsp3) is 0.647. The standard InChI is InChI=1S/C17H27FN2O2Si/c1-17(2,3)23(4,5)22-12-13-8-9-20(10-13)15-7-6-14(11-21)16(18)19-15/h6-7,11,13H,8-10,12H2,1-5H3. The summed E-state index contributed by atoms with van der Waals surface area (Å²) in [6, 6.07) is 3.20. The van der Waals surface area contributed by atoms with Crippen LogP contribution in [0, 0.1) is 11.9 Å². The summed E-state index contributed by atoms with van der Waals surface area (Å²) in [5.74, 6) is 0.348. The molecule has 6 heteroatoms. The van der Waals surface area contributed by atoms with Crippen LogP contribution < -0.4 is 4.90 Å². The third kappa shape index (κ3) is 4.17. The van der Waals surface area contributed by atoms with Crippen molar-refractivity contribution in [1.82, 2.24) is 4.98 Å². The molecule has 1 aliphatic heterocycles. The lowest BCUT2D eigenvalue weighted by atomic mass is 10.1. The molecule has 1 aliphatic rings. The van der Waals surface area contributed by atoms with E-state index >= 15 is 0 Å². The molecule has 0 aliphatic carbocycles. The van der Waals surface area contributed by atoms with E-state index in [0.29, 0.717) is 18.0 Å². The lowest BCUT2D eigenvalue weighted by Gasteiger charge is -2.37. The van der Waals surface area contributed by atoms with Gasteiger partial charge in [-0.15, -0.1) is 0 Å². The monoisotopic (exact) mass is 338 g/mol. The first-order valence-electron chi connectivity index (χ1n) is 8.14. The van der Waals surface area contributed by atoms with Gasteiger partial charge < -0.3 is 9.33 Å². The Labute approximate surface area is 139 Å². The second kappa shape index (κ2) is 6.69. The Morgan fingerprint density at radius 1 is 1.43 bits per heavy atom. The predicted molar refractivity (Wildman–Crippen MR) is 93.1 cm³/mol. The van der Waals surface area contributed by atoms with Crippen LogP contribution in [0.4, 0.5) is 10.2 Å². The molecule has 4 nitrogen and oxygen atoms in total. The molecule has 23 heavy (non-hydrogen) atoms. The zero-order valence-electron chi connectivity index (χ0n) is 14.7. The van der Waals surface area contributed by atoms with Gasteiger partial charge in [0.2, 0.25) is 5.95 Å².